The summed E-state index contributed by atoms with van der Waals surface area (Å²) in [6.45, 7) is 6.15. The van der Waals surface area contributed by atoms with Crippen LogP contribution < -0.4 is 16.0 Å². The Bertz CT molecular complexity index is 606. The third-order valence-corrected chi connectivity index (χ3v) is 3.30. The minimum Gasteiger partial charge on any atom is -0.384 e. The number of pyridine rings is 1. The van der Waals surface area contributed by atoms with Gasteiger partial charge in [0.25, 0.3) is 5.91 Å². The molecule has 0 bridgehead atoms. The highest BCUT2D eigenvalue weighted by molar-refractivity contribution is 6.04. The largest absolute Gasteiger partial charge is 0.384 e. The van der Waals surface area contributed by atoms with E-state index in [1.807, 2.05) is 24.3 Å². The molecule has 0 radical (unpaired) electrons. The molecule has 21 heavy (non-hydrogen) atoms. The molecule has 5 nitrogen and oxygen atoms in total. The predicted octanol–water partition coefficient (Wildman–Crippen LogP) is 2.76. The molecule has 1 aromatic carbocycles. The Labute approximate surface area is 124 Å². The molecule has 0 spiro atoms. The van der Waals surface area contributed by atoms with Gasteiger partial charge in [-0.1, -0.05) is 0 Å². The van der Waals surface area contributed by atoms with Crippen molar-refractivity contribution in [2.75, 3.05) is 29.0 Å². The lowest BCUT2D eigenvalue weighted by Crippen LogP contribution is -2.21. The number of carbonyl (C=O) groups is 1. The first-order valence-corrected chi connectivity index (χ1v) is 7.02. The topological polar surface area (TPSA) is 71.2 Å². The number of rotatable bonds is 5. The maximum atomic E-state index is 12.1. The second-order valence-electron chi connectivity index (χ2n) is 4.64. The zero-order chi connectivity index (χ0) is 15.2. The van der Waals surface area contributed by atoms with Gasteiger partial charge in [0.15, 0.2) is 0 Å². The highest BCUT2D eigenvalue weighted by Crippen LogP contribution is 2.18. The summed E-state index contributed by atoms with van der Waals surface area (Å²) in [5, 5.41) is 2.85. The van der Waals surface area contributed by atoms with E-state index in [-0.39, 0.29) is 5.91 Å². The molecule has 0 aliphatic carbocycles. The lowest BCUT2D eigenvalue weighted by molar-refractivity contribution is 0.102. The van der Waals surface area contributed by atoms with E-state index in [1.54, 1.807) is 12.1 Å². The number of benzene rings is 1. The van der Waals surface area contributed by atoms with Crippen LogP contribution in [0, 0.1) is 0 Å². The van der Waals surface area contributed by atoms with Gasteiger partial charge in [-0.15, -0.1) is 0 Å². The molecule has 0 unspecified atom stereocenters. The van der Waals surface area contributed by atoms with Crippen LogP contribution in [0.1, 0.15) is 24.2 Å². The number of hydrogen-bond acceptors (Lipinski definition) is 4. The quantitative estimate of drug-likeness (QED) is 0.885. The second-order valence-corrected chi connectivity index (χ2v) is 4.64. The normalized spacial score (nSPS) is 10.2. The van der Waals surface area contributed by atoms with E-state index in [9.17, 15) is 4.79 Å². The second kappa shape index (κ2) is 6.74. The molecule has 110 valence electrons. The van der Waals surface area contributed by atoms with Gasteiger partial charge in [0, 0.05) is 36.2 Å². The van der Waals surface area contributed by atoms with Crippen molar-refractivity contribution < 1.29 is 4.79 Å². The summed E-state index contributed by atoms with van der Waals surface area (Å²) in [6, 6.07) is 11.0. The number of nitrogens with two attached hydrogens (primary N) is 1. The number of carbonyl (C=O) groups excluding carboxylic acids is 1. The van der Waals surface area contributed by atoms with Gasteiger partial charge in [-0.3, -0.25) is 4.79 Å². The van der Waals surface area contributed by atoms with Crippen molar-refractivity contribution in [3.8, 4) is 0 Å². The highest BCUT2D eigenvalue weighted by Gasteiger charge is 2.07. The Morgan fingerprint density at radius 2 is 1.86 bits per heavy atom. The van der Waals surface area contributed by atoms with E-state index < -0.39 is 0 Å². The molecule has 2 aromatic rings. The monoisotopic (exact) mass is 284 g/mol. The van der Waals surface area contributed by atoms with Crippen LogP contribution in [0.3, 0.4) is 0 Å². The maximum Gasteiger partial charge on any atom is 0.255 e. The molecule has 1 aromatic heterocycles. The van der Waals surface area contributed by atoms with Crippen LogP contribution in [0.5, 0.6) is 0 Å². The zero-order valence-corrected chi connectivity index (χ0v) is 12.3. The fourth-order valence-electron chi connectivity index (χ4n) is 2.14. The van der Waals surface area contributed by atoms with Crippen molar-refractivity contribution in [2.45, 2.75) is 13.8 Å². The lowest BCUT2D eigenvalue weighted by Gasteiger charge is -2.21. The summed E-state index contributed by atoms with van der Waals surface area (Å²) in [7, 11) is 0. The Kier molecular flexibility index (Phi) is 4.77. The fraction of sp³-hybridized carbons (Fsp3) is 0.250. The van der Waals surface area contributed by atoms with Gasteiger partial charge >= 0.3 is 0 Å². The van der Waals surface area contributed by atoms with E-state index >= 15 is 0 Å². The van der Waals surface area contributed by atoms with Gasteiger partial charge in [-0.2, -0.15) is 0 Å². The molecule has 1 amide bonds. The average Bonchev–Trinajstić information content (AvgIpc) is 2.50. The van der Waals surface area contributed by atoms with E-state index in [4.69, 9.17) is 5.73 Å². The van der Waals surface area contributed by atoms with Crippen LogP contribution in [0.25, 0.3) is 0 Å². The minimum atomic E-state index is -0.195. The van der Waals surface area contributed by atoms with Crippen LogP contribution in [-0.2, 0) is 0 Å². The zero-order valence-electron chi connectivity index (χ0n) is 12.3. The van der Waals surface area contributed by atoms with Gasteiger partial charge in [-0.05, 0) is 50.2 Å². The summed E-state index contributed by atoms with van der Waals surface area (Å²) in [4.78, 5) is 18.2. The smallest absolute Gasteiger partial charge is 0.255 e. The molecule has 5 heteroatoms. The first-order chi connectivity index (χ1) is 10.1. The predicted molar refractivity (Wildman–Crippen MR) is 86.6 cm³/mol. The Morgan fingerprint density at radius 1 is 1.19 bits per heavy atom. The highest BCUT2D eigenvalue weighted by atomic mass is 16.1. The van der Waals surface area contributed by atoms with E-state index in [0.717, 1.165) is 24.5 Å². The van der Waals surface area contributed by atoms with Crippen molar-refractivity contribution >= 4 is 23.1 Å². The lowest BCUT2D eigenvalue weighted by atomic mass is 10.2. The summed E-state index contributed by atoms with van der Waals surface area (Å²) < 4.78 is 0. The van der Waals surface area contributed by atoms with E-state index in [2.05, 4.69) is 29.0 Å². The Balaban J connectivity index is 2.08. The third-order valence-electron chi connectivity index (χ3n) is 3.30. The molecule has 1 heterocycles. The summed E-state index contributed by atoms with van der Waals surface area (Å²) in [6.07, 6.45) is 1.52. The summed E-state index contributed by atoms with van der Waals surface area (Å²) in [5.74, 6) is 0.138. The van der Waals surface area contributed by atoms with Gasteiger partial charge in [-0.25, -0.2) is 4.98 Å². The van der Waals surface area contributed by atoms with Crippen LogP contribution in [0.15, 0.2) is 42.6 Å². The molecule has 0 aliphatic rings. The first kappa shape index (κ1) is 14.8. The molecule has 0 fully saturated rings. The van der Waals surface area contributed by atoms with Crippen molar-refractivity contribution in [1.29, 1.82) is 0 Å². The van der Waals surface area contributed by atoms with Crippen LogP contribution in [0.2, 0.25) is 0 Å². The van der Waals surface area contributed by atoms with Gasteiger partial charge in [0.05, 0.1) is 0 Å². The standard InChI is InChI=1S/C16H20N4O/c1-3-20(4-2)14-7-5-13(6-8-14)19-16(21)12-9-10-18-15(17)11-12/h5-11H,3-4H2,1-2H3,(H2,17,18)(H,19,21). The first-order valence-electron chi connectivity index (χ1n) is 7.02. The summed E-state index contributed by atoms with van der Waals surface area (Å²) in [5.41, 5.74) is 7.97. The van der Waals surface area contributed by atoms with E-state index in [1.165, 1.54) is 6.20 Å². The number of nitrogen functional groups attached to an aromatic ring is 1. The number of anilines is 3. The van der Waals surface area contributed by atoms with E-state index in [0.29, 0.717) is 11.4 Å². The van der Waals surface area contributed by atoms with Crippen molar-refractivity contribution in [1.82, 2.24) is 4.98 Å². The maximum absolute atomic E-state index is 12.1. The van der Waals surface area contributed by atoms with Crippen LogP contribution >= 0.6 is 0 Å². The SMILES string of the molecule is CCN(CC)c1ccc(NC(=O)c2ccnc(N)c2)cc1. The summed E-state index contributed by atoms with van der Waals surface area (Å²) >= 11 is 0. The molecular weight excluding hydrogens is 264 g/mol. The van der Waals surface area contributed by atoms with Crippen LogP contribution in [-0.4, -0.2) is 24.0 Å². The molecule has 0 saturated carbocycles. The van der Waals surface area contributed by atoms with Gasteiger partial charge in [0.1, 0.15) is 5.82 Å². The molecule has 0 aliphatic heterocycles. The Morgan fingerprint density at radius 3 is 2.43 bits per heavy atom. The number of nitrogens with zero attached hydrogens (tertiary/aromatic N) is 2. The molecule has 0 saturated heterocycles. The average molecular weight is 284 g/mol. The van der Waals surface area contributed by atoms with Crippen molar-refractivity contribution in [3.63, 3.8) is 0 Å². The van der Waals surface area contributed by atoms with Gasteiger partial charge in [0.2, 0.25) is 0 Å². The van der Waals surface area contributed by atoms with Crippen molar-refractivity contribution in [3.05, 3.63) is 48.2 Å². The van der Waals surface area contributed by atoms with Gasteiger partial charge < -0.3 is 16.0 Å². The molecule has 0 atom stereocenters. The number of amides is 1. The number of aromatic nitrogens is 1. The number of hydrogen-bond donors (Lipinski definition) is 2. The minimum absolute atomic E-state index is 0.195. The van der Waals surface area contributed by atoms with Crippen LogP contribution in [0.4, 0.5) is 17.2 Å². The molecule has 3 N–H and O–H groups in total. The molecular formula is C16H20N4O. The molecule has 2 rings (SSSR count). The fourth-order valence-corrected chi connectivity index (χ4v) is 2.14. The van der Waals surface area contributed by atoms with Crippen molar-refractivity contribution in [2.24, 2.45) is 0 Å². The number of nitrogens with one attached hydrogen (secondary N) is 1. The Hall–Kier alpha value is -2.56. The third kappa shape index (κ3) is 3.72.